The first-order valence-corrected chi connectivity index (χ1v) is 15.3. The highest BCUT2D eigenvalue weighted by atomic mass is 79.9. The molecule has 5 rings (SSSR count). The smallest absolute Gasteiger partial charge is 0.338 e. The highest BCUT2D eigenvalue weighted by Crippen LogP contribution is 2.37. The van der Waals surface area contributed by atoms with Gasteiger partial charge >= 0.3 is 5.97 Å². The number of halogens is 3. The number of fused-ring (bicyclic) bond motifs is 1. The molecule has 0 saturated heterocycles. The van der Waals surface area contributed by atoms with Crippen molar-refractivity contribution in [2.75, 3.05) is 13.7 Å². The second kappa shape index (κ2) is 12.8. The fraction of sp³-hybridized carbons (Fsp3) is 0.194. The van der Waals surface area contributed by atoms with Crippen molar-refractivity contribution in [1.82, 2.24) is 4.57 Å². The Bertz CT molecular complexity index is 1880. The third-order valence-corrected chi connectivity index (χ3v) is 8.76. The van der Waals surface area contributed by atoms with Crippen molar-refractivity contribution in [2.45, 2.75) is 26.5 Å². The standard InChI is InChI=1S/C31H25Br2FN2O5S/c1-4-40-30(38)26-17(2)35-31-36(27(26)20-10-6-8-12-24(20)39-3)29(37)25(42-31)15-18-13-21(32)28(22(33)14-18)41-16-19-9-5-7-11-23(19)34/h5-15,27H,4,16H2,1-3H3/b25-15+/t27-/m0/s1. The van der Waals surface area contributed by atoms with Crippen molar-refractivity contribution in [3.63, 3.8) is 0 Å². The summed E-state index contributed by atoms with van der Waals surface area (Å²) in [5.41, 5.74) is 2.24. The van der Waals surface area contributed by atoms with Crippen LogP contribution in [0, 0.1) is 5.82 Å². The Labute approximate surface area is 261 Å². The van der Waals surface area contributed by atoms with Crippen LogP contribution in [-0.2, 0) is 16.1 Å². The van der Waals surface area contributed by atoms with Gasteiger partial charge in [0.05, 0.1) is 38.5 Å². The van der Waals surface area contributed by atoms with E-state index in [1.807, 2.05) is 30.3 Å². The molecule has 1 aliphatic heterocycles. The van der Waals surface area contributed by atoms with Gasteiger partial charge in [0.25, 0.3) is 5.56 Å². The second-order valence-electron chi connectivity index (χ2n) is 9.24. The largest absolute Gasteiger partial charge is 0.496 e. The van der Waals surface area contributed by atoms with Crippen LogP contribution in [0.4, 0.5) is 4.39 Å². The summed E-state index contributed by atoms with van der Waals surface area (Å²) in [6.45, 7) is 3.70. The lowest BCUT2D eigenvalue weighted by Gasteiger charge is -2.25. The molecule has 1 aliphatic rings. The van der Waals surface area contributed by atoms with E-state index < -0.39 is 12.0 Å². The molecule has 0 aliphatic carbocycles. The van der Waals surface area contributed by atoms with Crippen molar-refractivity contribution in [1.29, 1.82) is 0 Å². The molecule has 4 aromatic rings. The molecule has 0 saturated carbocycles. The summed E-state index contributed by atoms with van der Waals surface area (Å²) in [5.74, 6) is 0.155. The molecule has 11 heteroatoms. The molecule has 0 bridgehead atoms. The van der Waals surface area contributed by atoms with Crippen LogP contribution in [0.25, 0.3) is 6.08 Å². The lowest BCUT2D eigenvalue weighted by Crippen LogP contribution is -2.40. The first-order valence-electron chi connectivity index (χ1n) is 12.9. The minimum atomic E-state index is -0.786. The van der Waals surface area contributed by atoms with E-state index in [4.69, 9.17) is 14.2 Å². The van der Waals surface area contributed by atoms with Crippen LogP contribution < -0.4 is 24.4 Å². The van der Waals surface area contributed by atoms with E-state index in [9.17, 15) is 14.0 Å². The number of para-hydroxylation sites is 1. The van der Waals surface area contributed by atoms with Crippen molar-refractivity contribution in [2.24, 2.45) is 4.99 Å². The fourth-order valence-corrected chi connectivity index (χ4v) is 7.19. The minimum Gasteiger partial charge on any atom is -0.496 e. The molecular formula is C31H25Br2FN2O5S. The zero-order valence-corrected chi connectivity index (χ0v) is 26.8. The molecule has 3 aromatic carbocycles. The highest BCUT2D eigenvalue weighted by molar-refractivity contribution is 9.11. The van der Waals surface area contributed by atoms with Crippen LogP contribution in [0.2, 0.25) is 0 Å². The number of rotatable bonds is 8. The summed E-state index contributed by atoms with van der Waals surface area (Å²) in [6, 6.07) is 16.5. The zero-order chi connectivity index (χ0) is 30.0. The van der Waals surface area contributed by atoms with E-state index in [-0.39, 0.29) is 30.2 Å². The lowest BCUT2D eigenvalue weighted by molar-refractivity contribution is -0.139. The van der Waals surface area contributed by atoms with Crippen LogP contribution in [0.15, 0.2) is 90.7 Å². The first kappa shape index (κ1) is 29.9. The molecule has 2 heterocycles. The molecule has 0 N–H and O–H groups in total. The van der Waals surface area contributed by atoms with Gasteiger partial charge in [-0.05, 0) is 81.6 Å². The van der Waals surface area contributed by atoms with E-state index in [0.29, 0.717) is 52.2 Å². The molecule has 0 fully saturated rings. The van der Waals surface area contributed by atoms with Crippen LogP contribution in [0.1, 0.15) is 36.6 Å². The molecule has 1 aromatic heterocycles. The number of carbonyl (C=O) groups is 1. The van der Waals surface area contributed by atoms with Gasteiger partial charge in [-0.3, -0.25) is 9.36 Å². The lowest BCUT2D eigenvalue weighted by atomic mass is 9.95. The van der Waals surface area contributed by atoms with Gasteiger partial charge in [-0.1, -0.05) is 47.7 Å². The summed E-state index contributed by atoms with van der Waals surface area (Å²) < 4.78 is 34.1. The monoisotopic (exact) mass is 714 g/mol. The summed E-state index contributed by atoms with van der Waals surface area (Å²) in [4.78, 5) is 32.2. The number of nitrogens with zero attached hydrogens (tertiary/aromatic N) is 2. The molecule has 216 valence electrons. The van der Waals surface area contributed by atoms with Crippen molar-refractivity contribution >= 4 is 55.2 Å². The Morgan fingerprint density at radius 2 is 1.81 bits per heavy atom. The molecule has 1 atom stereocenters. The van der Waals surface area contributed by atoms with Gasteiger partial charge in [0.15, 0.2) is 4.80 Å². The van der Waals surface area contributed by atoms with Crippen LogP contribution in [0.5, 0.6) is 11.5 Å². The Morgan fingerprint density at radius 1 is 1.12 bits per heavy atom. The number of hydrogen-bond acceptors (Lipinski definition) is 7. The van der Waals surface area contributed by atoms with Gasteiger partial charge in [0.1, 0.15) is 30.0 Å². The quantitative estimate of drug-likeness (QED) is 0.208. The van der Waals surface area contributed by atoms with Crippen molar-refractivity contribution in [3.8, 4) is 11.5 Å². The molecule has 0 unspecified atom stereocenters. The molecule has 42 heavy (non-hydrogen) atoms. The normalized spacial score (nSPS) is 14.8. The first-order chi connectivity index (χ1) is 20.2. The van der Waals surface area contributed by atoms with E-state index >= 15 is 0 Å². The maximum atomic E-state index is 14.1. The van der Waals surface area contributed by atoms with Gasteiger partial charge in [-0.15, -0.1) is 0 Å². The third kappa shape index (κ3) is 5.86. The van der Waals surface area contributed by atoms with E-state index in [2.05, 4.69) is 36.9 Å². The number of carbonyl (C=O) groups excluding carboxylic acids is 1. The average molecular weight is 716 g/mol. The average Bonchev–Trinajstić information content (AvgIpc) is 3.26. The highest BCUT2D eigenvalue weighted by Gasteiger charge is 2.35. The maximum Gasteiger partial charge on any atom is 0.338 e. The molecular weight excluding hydrogens is 691 g/mol. The van der Waals surface area contributed by atoms with Gasteiger partial charge in [0, 0.05) is 11.1 Å². The Morgan fingerprint density at radius 3 is 2.50 bits per heavy atom. The van der Waals surface area contributed by atoms with Crippen molar-refractivity contribution < 1.29 is 23.4 Å². The molecule has 0 amide bonds. The number of thiazole rings is 1. The Balaban J connectivity index is 1.58. The Hall–Kier alpha value is -3.54. The molecule has 0 spiro atoms. The zero-order valence-electron chi connectivity index (χ0n) is 22.8. The number of aromatic nitrogens is 1. The summed E-state index contributed by atoms with van der Waals surface area (Å²) in [7, 11) is 1.54. The minimum absolute atomic E-state index is 0.0485. The Kier molecular flexibility index (Phi) is 9.10. The SMILES string of the molecule is CCOC(=O)C1=C(C)N=c2s/c(=C/c3cc(Br)c(OCc4ccccc4F)c(Br)c3)c(=O)n2[C@H]1c1ccccc1OC. The molecule has 7 nitrogen and oxygen atoms in total. The fourth-order valence-electron chi connectivity index (χ4n) is 4.70. The number of hydrogen-bond donors (Lipinski definition) is 0. The van der Waals surface area contributed by atoms with Crippen LogP contribution >= 0.6 is 43.2 Å². The van der Waals surface area contributed by atoms with E-state index in [0.717, 1.165) is 0 Å². The number of benzene rings is 3. The van der Waals surface area contributed by atoms with Crippen molar-refractivity contribution in [3.05, 3.63) is 123 Å². The van der Waals surface area contributed by atoms with Gasteiger partial charge in [0.2, 0.25) is 0 Å². The summed E-state index contributed by atoms with van der Waals surface area (Å²) in [5, 5.41) is 0. The number of esters is 1. The van der Waals surface area contributed by atoms with E-state index in [1.165, 1.54) is 22.0 Å². The predicted molar refractivity (Wildman–Crippen MR) is 166 cm³/mol. The topological polar surface area (TPSA) is 79.1 Å². The predicted octanol–water partition coefficient (Wildman–Crippen LogP) is 6.05. The number of allylic oxidation sites excluding steroid dienone is 1. The third-order valence-electron chi connectivity index (χ3n) is 6.60. The van der Waals surface area contributed by atoms with Gasteiger partial charge in [-0.2, -0.15) is 0 Å². The second-order valence-corrected chi connectivity index (χ2v) is 12.0. The van der Waals surface area contributed by atoms with Crippen LogP contribution in [-0.4, -0.2) is 24.3 Å². The summed E-state index contributed by atoms with van der Waals surface area (Å²) in [6.07, 6.45) is 1.75. The number of methoxy groups -OCH3 is 1. The summed E-state index contributed by atoms with van der Waals surface area (Å²) >= 11 is 8.31. The maximum absolute atomic E-state index is 14.1. The number of ether oxygens (including phenoxy) is 3. The molecule has 0 radical (unpaired) electrons. The van der Waals surface area contributed by atoms with Gasteiger partial charge in [-0.25, -0.2) is 14.2 Å². The van der Waals surface area contributed by atoms with E-state index in [1.54, 1.807) is 51.3 Å². The van der Waals surface area contributed by atoms with Crippen LogP contribution in [0.3, 0.4) is 0 Å². The van der Waals surface area contributed by atoms with Gasteiger partial charge < -0.3 is 14.2 Å².